The van der Waals surface area contributed by atoms with Crippen molar-refractivity contribution in [1.82, 2.24) is 0 Å². The van der Waals surface area contributed by atoms with Gasteiger partial charge >= 0.3 is 0 Å². The molecule has 1 heterocycles. The Labute approximate surface area is 187 Å². The zero-order valence-corrected chi connectivity index (χ0v) is 19.0. The maximum Gasteiger partial charge on any atom is 0.294 e. The SMILES string of the molecule is CCOc1ccc(N2C(=O)C(O)=C(C(=O)C(C)(C)C)C2c2ccc(O)c(OCC)c2)cc1. The van der Waals surface area contributed by atoms with Gasteiger partial charge in [0.05, 0.1) is 24.8 Å². The van der Waals surface area contributed by atoms with E-state index < -0.39 is 23.1 Å². The van der Waals surface area contributed by atoms with Gasteiger partial charge < -0.3 is 19.7 Å². The number of anilines is 1. The first-order valence-corrected chi connectivity index (χ1v) is 10.6. The summed E-state index contributed by atoms with van der Waals surface area (Å²) < 4.78 is 11.0. The molecule has 0 saturated heterocycles. The summed E-state index contributed by atoms with van der Waals surface area (Å²) in [4.78, 5) is 27.9. The van der Waals surface area contributed by atoms with Gasteiger partial charge in [0.15, 0.2) is 23.0 Å². The van der Waals surface area contributed by atoms with Crippen LogP contribution in [0.15, 0.2) is 53.8 Å². The number of hydrogen-bond donors (Lipinski definition) is 2. The summed E-state index contributed by atoms with van der Waals surface area (Å²) in [6.45, 7) is 9.71. The Balaban J connectivity index is 2.17. The molecule has 0 aliphatic carbocycles. The van der Waals surface area contributed by atoms with Gasteiger partial charge in [0.25, 0.3) is 5.91 Å². The van der Waals surface area contributed by atoms with Crippen molar-refractivity contribution < 1.29 is 29.3 Å². The summed E-state index contributed by atoms with van der Waals surface area (Å²) >= 11 is 0. The minimum absolute atomic E-state index is 0.0181. The highest BCUT2D eigenvalue weighted by atomic mass is 16.5. The van der Waals surface area contributed by atoms with E-state index in [9.17, 15) is 19.8 Å². The second-order valence-corrected chi connectivity index (χ2v) is 8.51. The summed E-state index contributed by atoms with van der Waals surface area (Å²) in [5.41, 5.74) is 0.225. The maximum atomic E-state index is 13.3. The van der Waals surface area contributed by atoms with Gasteiger partial charge in [-0.1, -0.05) is 26.8 Å². The fourth-order valence-electron chi connectivity index (χ4n) is 3.66. The van der Waals surface area contributed by atoms with Crippen LogP contribution >= 0.6 is 0 Å². The number of phenolic OH excluding ortho intramolecular Hbond substituents is 1. The van der Waals surface area contributed by atoms with E-state index in [2.05, 4.69) is 0 Å². The van der Waals surface area contributed by atoms with Crippen LogP contribution in [-0.2, 0) is 9.59 Å². The van der Waals surface area contributed by atoms with Crippen LogP contribution in [0.5, 0.6) is 17.2 Å². The Morgan fingerprint density at radius 3 is 2.19 bits per heavy atom. The average Bonchev–Trinajstić information content (AvgIpc) is 3.00. The molecule has 0 fully saturated rings. The van der Waals surface area contributed by atoms with E-state index in [1.54, 1.807) is 64.1 Å². The second-order valence-electron chi connectivity index (χ2n) is 8.51. The number of benzene rings is 2. The van der Waals surface area contributed by atoms with Gasteiger partial charge in [0.1, 0.15) is 5.75 Å². The van der Waals surface area contributed by atoms with Crippen LogP contribution < -0.4 is 14.4 Å². The van der Waals surface area contributed by atoms with Gasteiger partial charge in [-0.15, -0.1) is 0 Å². The number of ketones is 1. The van der Waals surface area contributed by atoms with Crippen LogP contribution in [0, 0.1) is 5.41 Å². The average molecular weight is 440 g/mol. The van der Waals surface area contributed by atoms with Crippen molar-refractivity contribution in [2.75, 3.05) is 18.1 Å². The van der Waals surface area contributed by atoms with E-state index in [1.165, 1.54) is 11.0 Å². The van der Waals surface area contributed by atoms with Crippen molar-refractivity contribution in [1.29, 1.82) is 0 Å². The first-order chi connectivity index (χ1) is 15.1. The molecule has 0 saturated carbocycles. The van der Waals surface area contributed by atoms with E-state index >= 15 is 0 Å². The number of aromatic hydroxyl groups is 1. The molecular weight excluding hydrogens is 410 g/mol. The molecule has 0 aromatic heterocycles. The molecule has 3 rings (SSSR count). The van der Waals surface area contributed by atoms with Crippen LogP contribution in [0.3, 0.4) is 0 Å². The van der Waals surface area contributed by atoms with Gasteiger partial charge in [0.2, 0.25) is 0 Å². The van der Waals surface area contributed by atoms with Crippen LogP contribution in [0.1, 0.15) is 46.2 Å². The lowest BCUT2D eigenvalue weighted by Gasteiger charge is -2.29. The first-order valence-electron chi connectivity index (χ1n) is 10.6. The second kappa shape index (κ2) is 8.94. The molecule has 32 heavy (non-hydrogen) atoms. The lowest BCUT2D eigenvalue weighted by atomic mass is 9.82. The lowest BCUT2D eigenvalue weighted by molar-refractivity contribution is -0.123. The standard InChI is InChI=1S/C25H29NO6/c1-6-31-17-11-9-16(10-12-17)26-21(15-8-13-18(27)19(14-15)32-7-2)20(22(28)24(26)30)23(29)25(3,4)5/h8-14,21,27-28H,6-7H2,1-5H3. The van der Waals surface area contributed by atoms with E-state index in [1.807, 2.05) is 6.92 Å². The van der Waals surface area contributed by atoms with Gasteiger partial charge in [-0.25, -0.2) is 0 Å². The summed E-state index contributed by atoms with van der Waals surface area (Å²) in [5, 5.41) is 20.9. The molecule has 1 amide bonds. The molecule has 0 bridgehead atoms. The van der Waals surface area contributed by atoms with Gasteiger partial charge in [-0.2, -0.15) is 0 Å². The summed E-state index contributed by atoms with van der Waals surface area (Å²) in [6, 6.07) is 10.6. The molecule has 2 N–H and O–H groups in total. The summed E-state index contributed by atoms with van der Waals surface area (Å²) in [7, 11) is 0. The Kier molecular flexibility index (Phi) is 6.48. The van der Waals surface area contributed by atoms with E-state index in [4.69, 9.17) is 9.47 Å². The minimum atomic E-state index is -0.882. The number of rotatable bonds is 7. The van der Waals surface area contributed by atoms with Crippen molar-refractivity contribution in [3.8, 4) is 17.2 Å². The van der Waals surface area contributed by atoms with E-state index in [0.29, 0.717) is 30.2 Å². The third kappa shape index (κ3) is 4.28. The maximum absolute atomic E-state index is 13.3. The Hall–Kier alpha value is -3.48. The number of amides is 1. The number of phenols is 1. The number of carbonyl (C=O) groups excluding carboxylic acids is 2. The van der Waals surface area contributed by atoms with Crippen molar-refractivity contribution in [3.63, 3.8) is 0 Å². The van der Waals surface area contributed by atoms with Crippen LogP contribution in [0.2, 0.25) is 0 Å². The molecule has 7 heteroatoms. The zero-order valence-electron chi connectivity index (χ0n) is 19.0. The normalized spacial score (nSPS) is 16.5. The topological polar surface area (TPSA) is 96.3 Å². The zero-order chi connectivity index (χ0) is 23.6. The quantitative estimate of drug-likeness (QED) is 0.649. The van der Waals surface area contributed by atoms with Crippen LogP contribution in [0.25, 0.3) is 0 Å². The number of aliphatic hydroxyl groups is 1. The smallest absolute Gasteiger partial charge is 0.294 e. The predicted molar refractivity (Wildman–Crippen MR) is 121 cm³/mol. The number of carbonyl (C=O) groups is 2. The van der Waals surface area contributed by atoms with Gasteiger partial charge in [-0.05, 0) is 55.8 Å². The van der Waals surface area contributed by atoms with Crippen molar-refractivity contribution in [2.45, 2.75) is 40.7 Å². The molecule has 1 atom stereocenters. The largest absolute Gasteiger partial charge is 0.504 e. The minimum Gasteiger partial charge on any atom is -0.504 e. The van der Waals surface area contributed by atoms with Crippen molar-refractivity contribution >= 4 is 17.4 Å². The molecule has 1 unspecified atom stereocenters. The summed E-state index contributed by atoms with van der Waals surface area (Å²) in [6.07, 6.45) is 0. The van der Waals surface area contributed by atoms with Crippen LogP contribution in [0.4, 0.5) is 5.69 Å². The highest BCUT2D eigenvalue weighted by molar-refractivity contribution is 6.17. The molecule has 0 spiro atoms. The first kappa shape index (κ1) is 23.2. The molecule has 2 aromatic rings. The lowest BCUT2D eigenvalue weighted by Crippen LogP contribution is -2.32. The molecule has 1 aliphatic rings. The molecular formula is C25H29NO6. The van der Waals surface area contributed by atoms with Crippen LogP contribution in [-0.4, -0.2) is 35.1 Å². The molecule has 2 aromatic carbocycles. The van der Waals surface area contributed by atoms with Gasteiger partial charge in [-0.3, -0.25) is 14.5 Å². The number of nitrogens with zero attached hydrogens (tertiary/aromatic N) is 1. The third-order valence-electron chi connectivity index (χ3n) is 5.16. The number of ether oxygens (including phenoxy) is 2. The Bertz CT molecular complexity index is 1050. The number of Topliss-reactive ketones (excluding diaryl/α,β-unsaturated/α-hetero) is 1. The molecule has 7 nitrogen and oxygen atoms in total. The number of aliphatic hydroxyl groups excluding tert-OH is 1. The molecule has 0 radical (unpaired) electrons. The highest BCUT2D eigenvalue weighted by Crippen LogP contribution is 2.45. The molecule has 170 valence electrons. The third-order valence-corrected chi connectivity index (χ3v) is 5.16. The fourth-order valence-corrected chi connectivity index (χ4v) is 3.66. The van der Waals surface area contributed by atoms with Crippen molar-refractivity contribution in [3.05, 3.63) is 59.4 Å². The monoisotopic (exact) mass is 439 g/mol. The highest BCUT2D eigenvalue weighted by Gasteiger charge is 2.46. The number of hydrogen-bond acceptors (Lipinski definition) is 6. The fraction of sp³-hybridized carbons (Fsp3) is 0.360. The predicted octanol–water partition coefficient (Wildman–Crippen LogP) is 4.70. The Morgan fingerprint density at radius 1 is 1.00 bits per heavy atom. The molecule has 1 aliphatic heterocycles. The van der Waals surface area contributed by atoms with Crippen molar-refractivity contribution in [2.24, 2.45) is 5.41 Å². The van der Waals surface area contributed by atoms with Gasteiger partial charge in [0, 0.05) is 11.1 Å². The summed E-state index contributed by atoms with van der Waals surface area (Å²) in [5.74, 6) is -0.756. The van der Waals surface area contributed by atoms with E-state index in [-0.39, 0.29) is 22.9 Å². The Morgan fingerprint density at radius 2 is 1.62 bits per heavy atom. The van der Waals surface area contributed by atoms with E-state index in [0.717, 1.165) is 0 Å².